The van der Waals surface area contributed by atoms with Crippen molar-refractivity contribution >= 4 is 29.2 Å². The normalized spacial score (nSPS) is 13.1. The molecule has 0 unspecified atom stereocenters. The van der Waals surface area contributed by atoms with Crippen molar-refractivity contribution < 1.29 is 9.90 Å². The topological polar surface area (TPSA) is 75.1 Å². The highest BCUT2D eigenvalue weighted by molar-refractivity contribution is 7.99. The molecule has 0 spiro atoms. The molecule has 3 rings (SSSR count). The number of benzene rings is 1. The first-order chi connectivity index (χ1) is 9.24. The molecule has 0 aliphatic carbocycles. The molecular formula is C13H11N3O2S. The molecule has 1 aliphatic heterocycles. The number of fused-ring (bicyclic) bond motifs is 1. The highest BCUT2D eigenvalue weighted by Crippen LogP contribution is 2.35. The number of hydrogen-bond acceptors (Lipinski definition) is 5. The molecule has 2 N–H and O–H groups in total. The van der Waals surface area contributed by atoms with Crippen LogP contribution in [0.15, 0.2) is 35.5 Å². The van der Waals surface area contributed by atoms with Gasteiger partial charge in [-0.05, 0) is 18.2 Å². The fourth-order valence-corrected chi connectivity index (χ4v) is 3.01. The van der Waals surface area contributed by atoms with E-state index in [0.29, 0.717) is 5.69 Å². The lowest BCUT2D eigenvalue weighted by Crippen LogP contribution is -2.00. The molecule has 2 heterocycles. The van der Waals surface area contributed by atoms with E-state index in [0.717, 1.165) is 28.6 Å². The average Bonchev–Trinajstić information content (AvgIpc) is 2.88. The summed E-state index contributed by atoms with van der Waals surface area (Å²) in [6, 6.07) is 6.68. The Morgan fingerprint density at radius 2 is 2.26 bits per heavy atom. The first kappa shape index (κ1) is 12.0. The molecular weight excluding hydrogens is 262 g/mol. The number of carbonyl (C=O) groups is 1. The van der Waals surface area contributed by atoms with Crippen LogP contribution < -0.4 is 5.32 Å². The molecule has 0 bridgehead atoms. The van der Waals surface area contributed by atoms with Crippen molar-refractivity contribution in [3.05, 3.63) is 41.9 Å². The summed E-state index contributed by atoms with van der Waals surface area (Å²) in [6.07, 6.45) is 2.49. The van der Waals surface area contributed by atoms with Crippen LogP contribution in [0.1, 0.15) is 16.1 Å². The van der Waals surface area contributed by atoms with Gasteiger partial charge < -0.3 is 10.4 Å². The van der Waals surface area contributed by atoms with Crippen LogP contribution in [-0.4, -0.2) is 26.8 Å². The van der Waals surface area contributed by atoms with Gasteiger partial charge in [0.05, 0.1) is 16.2 Å². The van der Waals surface area contributed by atoms with Crippen LogP contribution >= 0.6 is 11.8 Å². The fourth-order valence-electron chi connectivity index (χ4n) is 1.95. The first-order valence-electron chi connectivity index (χ1n) is 5.81. The second-order valence-corrected chi connectivity index (χ2v) is 5.21. The van der Waals surface area contributed by atoms with E-state index >= 15 is 0 Å². The van der Waals surface area contributed by atoms with Crippen LogP contribution in [0.3, 0.4) is 0 Å². The molecule has 2 aromatic rings. The molecule has 0 fully saturated rings. The predicted molar refractivity (Wildman–Crippen MR) is 73.1 cm³/mol. The third kappa shape index (κ3) is 2.39. The minimum atomic E-state index is -0.939. The number of aryl methyl sites for hydroxylation is 1. The SMILES string of the molecule is O=C(O)c1cccc(Nc2ncnc3c2SCC3)c1. The average molecular weight is 273 g/mol. The maximum absolute atomic E-state index is 10.9. The Kier molecular flexibility index (Phi) is 3.08. The fraction of sp³-hybridized carbons (Fsp3) is 0.154. The van der Waals surface area contributed by atoms with Crippen molar-refractivity contribution in [1.29, 1.82) is 0 Å². The van der Waals surface area contributed by atoms with Gasteiger partial charge in [-0.3, -0.25) is 0 Å². The van der Waals surface area contributed by atoms with E-state index in [2.05, 4.69) is 15.3 Å². The number of aromatic carboxylic acids is 1. The van der Waals surface area contributed by atoms with Crippen molar-refractivity contribution in [3.8, 4) is 0 Å². The third-order valence-electron chi connectivity index (χ3n) is 2.84. The Labute approximate surface area is 114 Å². The standard InChI is InChI=1S/C13H11N3O2S/c17-13(18)8-2-1-3-9(6-8)16-12-11-10(4-5-19-11)14-7-15-12/h1-3,6-7H,4-5H2,(H,17,18)(H,14,15,16). The van der Waals surface area contributed by atoms with E-state index in [4.69, 9.17) is 5.11 Å². The monoisotopic (exact) mass is 273 g/mol. The largest absolute Gasteiger partial charge is 0.478 e. The molecule has 1 aromatic heterocycles. The zero-order valence-electron chi connectivity index (χ0n) is 9.96. The molecule has 0 atom stereocenters. The maximum Gasteiger partial charge on any atom is 0.335 e. The second kappa shape index (κ2) is 4.89. The van der Waals surface area contributed by atoms with Crippen molar-refractivity contribution in [2.45, 2.75) is 11.3 Å². The Morgan fingerprint density at radius 3 is 3.11 bits per heavy atom. The first-order valence-corrected chi connectivity index (χ1v) is 6.79. The molecule has 0 saturated carbocycles. The van der Waals surface area contributed by atoms with Crippen LogP contribution in [0, 0.1) is 0 Å². The molecule has 6 heteroatoms. The lowest BCUT2D eigenvalue weighted by Gasteiger charge is -2.09. The summed E-state index contributed by atoms with van der Waals surface area (Å²) in [6.45, 7) is 0. The van der Waals surface area contributed by atoms with Gasteiger partial charge in [0.2, 0.25) is 0 Å². The number of nitrogens with one attached hydrogen (secondary N) is 1. The molecule has 0 radical (unpaired) electrons. The molecule has 1 aromatic carbocycles. The number of aromatic nitrogens is 2. The van der Waals surface area contributed by atoms with Crippen molar-refractivity contribution in [2.24, 2.45) is 0 Å². The van der Waals surface area contributed by atoms with Crippen LogP contribution in [0.2, 0.25) is 0 Å². The number of rotatable bonds is 3. The van der Waals surface area contributed by atoms with Crippen molar-refractivity contribution in [1.82, 2.24) is 9.97 Å². The number of carboxylic acid groups (broad SMARTS) is 1. The van der Waals surface area contributed by atoms with Gasteiger partial charge in [0.15, 0.2) is 0 Å². The maximum atomic E-state index is 10.9. The molecule has 19 heavy (non-hydrogen) atoms. The number of anilines is 2. The van der Waals surface area contributed by atoms with Crippen LogP contribution in [0.5, 0.6) is 0 Å². The summed E-state index contributed by atoms with van der Waals surface area (Å²) in [4.78, 5) is 20.5. The molecule has 0 saturated heterocycles. The van der Waals surface area contributed by atoms with Crippen molar-refractivity contribution in [3.63, 3.8) is 0 Å². The van der Waals surface area contributed by atoms with Gasteiger partial charge in [0.1, 0.15) is 12.1 Å². The molecule has 0 amide bonds. The van der Waals surface area contributed by atoms with Gasteiger partial charge in [-0.15, -0.1) is 11.8 Å². The van der Waals surface area contributed by atoms with Gasteiger partial charge in [-0.1, -0.05) is 6.07 Å². The van der Waals surface area contributed by atoms with E-state index < -0.39 is 5.97 Å². The smallest absolute Gasteiger partial charge is 0.335 e. The van der Waals surface area contributed by atoms with Crippen LogP contribution in [0.4, 0.5) is 11.5 Å². The number of nitrogens with zero attached hydrogens (tertiary/aromatic N) is 2. The van der Waals surface area contributed by atoms with E-state index in [1.54, 1.807) is 30.0 Å². The Morgan fingerprint density at radius 1 is 1.37 bits per heavy atom. The third-order valence-corrected chi connectivity index (χ3v) is 3.96. The summed E-state index contributed by atoms with van der Waals surface area (Å²) in [7, 11) is 0. The molecule has 1 aliphatic rings. The van der Waals surface area contributed by atoms with Gasteiger partial charge in [-0.2, -0.15) is 0 Å². The lowest BCUT2D eigenvalue weighted by atomic mass is 10.2. The highest BCUT2D eigenvalue weighted by Gasteiger charge is 2.18. The molecule has 96 valence electrons. The van der Waals surface area contributed by atoms with E-state index in [1.165, 1.54) is 6.33 Å². The Hall–Kier alpha value is -2.08. The lowest BCUT2D eigenvalue weighted by molar-refractivity contribution is 0.0697. The summed E-state index contributed by atoms with van der Waals surface area (Å²) >= 11 is 1.72. The molecule has 5 nitrogen and oxygen atoms in total. The summed E-state index contributed by atoms with van der Waals surface area (Å²) < 4.78 is 0. The van der Waals surface area contributed by atoms with Gasteiger partial charge >= 0.3 is 5.97 Å². The predicted octanol–water partition coefficient (Wildman–Crippen LogP) is 2.57. The van der Waals surface area contributed by atoms with Crippen LogP contribution in [0.25, 0.3) is 0 Å². The Balaban J connectivity index is 1.92. The summed E-state index contributed by atoms with van der Waals surface area (Å²) in [5.41, 5.74) is 2.02. The summed E-state index contributed by atoms with van der Waals surface area (Å²) in [5.74, 6) is 0.818. The second-order valence-electron chi connectivity index (χ2n) is 4.11. The van der Waals surface area contributed by atoms with Gasteiger partial charge in [0.25, 0.3) is 0 Å². The van der Waals surface area contributed by atoms with Crippen LogP contribution in [-0.2, 0) is 6.42 Å². The summed E-state index contributed by atoms with van der Waals surface area (Å²) in [5, 5.41) is 12.1. The Bertz CT molecular complexity index is 646. The zero-order valence-corrected chi connectivity index (χ0v) is 10.8. The highest BCUT2D eigenvalue weighted by atomic mass is 32.2. The van der Waals surface area contributed by atoms with E-state index in [-0.39, 0.29) is 5.56 Å². The van der Waals surface area contributed by atoms with E-state index in [1.807, 2.05) is 6.07 Å². The minimum Gasteiger partial charge on any atom is -0.478 e. The minimum absolute atomic E-state index is 0.253. The number of hydrogen-bond donors (Lipinski definition) is 2. The van der Waals surface area contributed by atoms with Gasteiger partial charge in [0, 0.05) is 17.9 Å². The van der Waals surface area contributed by atoms with E-state index in [9.17, 15) is 4.79 Å². The number of thioether (sulfide) groups is 1. The zero-order chi connectivity index (χ0) is 13.2. The number of carboxylic acids is 1. The van der Waals surface area contributed by atoms with Gasteiger partial charge in [-0.25, -0.2) is 14.8 Å². The van der Waals surface area contributed by atoms with Crippen molar-refractivity contribution in [2.75, 3.05) is 11.1 Å². The quantitative estimate of drug-likeness (QED) is 0.895.